The van der Waals surface area contributed by atoms with Gasteiger partial charge in [-0.05, 0) is 24.3 Å². The third kappa shape index (κ3) is 2.13. The molecule has 2 rings (SSSR count). The fourth-order valence-electron chi connectivity index (χ4n) is 2.79. The number of rotatable bonds is 4. The van der Waals surface area contributed by atoms with E-state index >= 15 is 0 Å². The maximum atomic E-state index is 10.9. The predicted octanol–water partition coefficient (Wildman–Crippen LogP) is 2.71. The molecule has 0 amide bonds. The Balaban J connectivity index is 2.27. The Hall–Kier alpha value is -0.860. The van der Waals surface area contributed by atoms with Gasteiger partial charge in [0, 0.05) is 7.11 Å². The van der Waals surface area contributed by atoms with E-state index in [9.17, 15) is 5.11 Å². The molecule has 0 aromatic heterocycles. The summed E-state index contributed by atoms with van der Waals surface area (Å²) in [5.41, 5.74) is 0.190. The molecule has 1 saturated carbocycles. The van der Waals surface area contributed by atoms with Crippen LogP contribution >= 0.6 is 0 Å². The van der Waals surface area contributed by atoms with E-state index in [2.05, 4.69) is 0 Å². The van der Waals surface area contributed by atoms with Gasteiger partial charge in [-0.2, -0.15) is 0 Å². The van der Waals surface area contributed by atoms with Crippen molar-refractivity contribution in [2.75, 3.05) is 13.7 Å². The minimum absolute atomic E-state index is 0.342. The summed E-state index contributed by atoms with van der Waals surface area (Å²) in [5.74, 6) is 0.342. The van der Waals surface area contributed by atoms with Crippen LogP contribution in [0.25, 0.3) is 0 Å². The van der Waals surface area contributed by atoms with E-state index in [1.165, 1.54) is 12.8 Å². The van der Waals surface area contributed by atoms with Gasteiger partial charge in [0.25, 0.3) is 0 Å². The number of benzene rings is 1. The summed E-state index contributed by atoms with van der Waals surface area (Å²) in [6.45, 7) is 0.391. The maximum Gasteiger partial charge on any atom is 0.116 e. The lowest BCUT2D eigenvalue weighted by atomic mass is 9.81. The largest absolute Gasteiger partial charge is 0.382 e. The quantitative estimate of drug-likeness (QED) is 0.845. The number of ether oxygens (including phenoxy) is 1. The zero-order valence-electron chi connectivity index (χ0n) is 9.86. The highest BCUT2D eigenvalue weighted by Gasteiger charge is 2.39. The van der Waals surface area contributed by atoms with Gasteiger partial charge in [-0.3, -0.25) is 0 Å². The first-order valence-electron chi connectivity index (χ1n) is 6.04. The zero-order chi connectivity index (χ0) is 11.4. The van der Waals surface area contributed by atoms with Crippen molar-refractivity contribution in [3.8, 4) is 0 Å². The van der Waals surface area contributed by atoms with Crippen molar-refractivity contribution in [3.63, 3.8) is 0 Å². The molecule has 88 valence electrons. The first-order valence-corrected chi connectivity index (χ1v) is 6.04. The van der Waals surface area contributed by atoms with Crippen LogP contribution in [0.15, 0.2) is 30.3 Å². The van der Waals surface area contributed by atoms with Crippen molar-refractivity contribution in [2.45, 2.75) is 31.3 Å². The summed E-state index contributed by atoms with van der Waals surface area (Å²) in [5, 5.41) is 10.9. The van der Waals surface area contributed by atoms with Gasteiger partial charge in [0.15, 0.2) is 0 Å². The van der Waals surface area contributed by atoms with Crippen molar-refractivity contribution in [3.05, 3.63) is 35.9 Å². The van der Waals surface area contributed by atoms with Crippen molar-refractivity contribution >= 4 is 0 Å². The van der Waals surface area contributed by atoms with E-state index in [-0.39, 0.29) is 0 Å². The molecule has 1 aromatic rings. The van der Waals surface area contributed by atoms with E-state index in [0.717, 1.165) is 18.4 Å². The topological polar surface area (TPSA) is 29.5 Å². The van der Waals surface area contributed by atoms with Gasteiger partial charge in [-0.25, -0.2) is 0 Å². The summed E-state index contributed by atoms with van der Waals surface area (Å²) < 4.78 is 5.22. The lowest BCUT2D eigenvalue weighted by Crippen LogP contribution is -2.38. The SMILES string of the molecule is COC[C@](O)(c1ccccc1)C1CCCC1. The van der Waals surface area contributed by atoms with Crippen LogP contribution in [0.4, 0.5) is 0 Å². The fraction of sp³-hybridized carbons (Fsp3) is 0.571. The second kappa shape index (κ2) is 4.98. The van der Waals surface area contributed by atoms with E-state index in [1.54, 1.807) is 7.11 Å². The molecule has 16 heavy (non-hydrogen) atoms. The molecule has 2 heteroatoms. The second-order valence-electron chi connectivity index (χ2n) is 4.70. The Labute approximate surface area is 97.3 Å². The first-order chi connectivity index (χ1) is 7.77. The minimum atomic E-state index is -0.799. The molecule has 0 aliphatic heterocycles. The van der Waals surface area contributed by atoms with Crippen molar-refractivity contribution in [2.24, 2.45) is 5.92 Å². The molecule has 0 unspecified atom stereocenters. The lowest BCUT2D eigenvalue weighted by molar-refractivity contribution is -0.0784. The highest BCUT2D eigenvalue weighted by atomic mass is 16.5. The molecule has 1 fully saturated rings. The summed E-state index contributed by atoms with van der Waals surface area (Å²) >= 11 is 0. The summed E-state index contributed by atoms with van der Waals surface area (Å²) in [7, 11) is 1.66. The molecule has 1 aliphatic carbocycles. The van der Waals surface area contributed by atoms with E-state index in [0.29, 0.717) is 12.5 Å². The molecule has 0 bridgehead atoms. The average Bonchev–Trinajstić information content (AvgIpc) is 2.84. The molecule has 2 nitrogen and oxygen atoms in total. The van der Waals surface area contributed by atoms with Crippen LogP contribution in [0.5, 0.6) is 0 Å². The third-order valence-corrected chi connectivity index (χ3v) is 3.67. The molecule has 0 spiro atoms. The first kappa shape index (κ1) is 11.6. The van der Waals surface area contributed by atoms with Crippen LogP contribution < -0.4 is 0 Å². The van der Waals surface area contributed by atoms with E-state index in [4.69, 9.17) is 4.74 Å². The van der Waals surface area contributed by atoms with Gasteiger partial charge in [0.05, 0.1) is 6.61 Å². The van der Waals surface area contributed by atoms with Crippen LogP contribution in [-0.4, -0.2) is 18.8 Å². The van der Waals surface area contributed by atoms with Gasteiger partial charge >= 0.3 is 0 Å². The van der Waals surface area contributed by atoms with Crippen LogP contribution in [0.1, 0.15) is 31.2 Å². The predicted molar refractivity (Wildman–Crippen MR) is 64.2 cm³/mol. The average molecular weight is 220 g/mol. The zero-order valence-corrected chi connectivity index (χ0v) is 9.86. The number of aliphatic hydroxyl groups is 1. The van der Waals surface area contributed by atoms with E-state index < -0.39 is 5.60 Å². The Morgan fingerprint density at radius 1 is 1.25 bits per heavy atom. The summed E-state index contributed by atoms with van der Waals surface area (Å²) in [6.07, 6.45) is 4.66. The molecule has 0 heterocycles. The minimum Gasteiger partial charge on any atom is -0.382 e. The van der Waals surface area contributed by atoms with Crippen molar-refractivity contribution in [1.82, 2.24) is 0 Å². The number of methoxy groups -OCH3 is 1. The van der Waals surface area contributed by atoms with Crippen LogP contribution in [0.2, 0.25) is 0 Å². The fourth-order valence-corrected chi connectivity index (χ4v) is 2.79. The molecule has 0 radical (unpaired) electrons. The highest BCUT2D eigenvalue weighted by molar-refractivity contribution is 5.23. The highest BCUT2D eigenvalue weighted by Crippen LogP contribution is 2.40. The molecule has 0 saturated heterocycles. The second-order valence-corrected chi connectivity index (χ2v) is 4.70. The summed E-state index contributed by atoms with van der Waals surface area (Å²) in [6, 6.07) is 9.93. The number of hydrogen-bond acceptors (Lipinski definition) is 2. The molecule has 1 aliphatic rings. The molecule has 1 N–H and O–H groups in total. The monoisotopic (exact) mass is 220 g/mol. The van der Waals surface area contributed by atoms with Crippen LogP contribution in [-0.2, 0) is 10.3 Å². The van der Waals surface area contributed by atoms with Gasteiger partial charge in [-0.15, -0.1) is 0 Å². The Kier molecular flexibility index (Phi) is 3.62. The van der Waals surface area contributed by atoms with Crippen molar-refractivity contribution < 1.29 is 9.84 Å². The van der Waals surface area contributed by atoms with Gasteiger partial charge in [-0.1, -0.05) is 43.2 Å². The third-order valence-electron chi connectivity index (χ3n) is 3.67. The number of hydrogen-bond donors (Lipinski definition) is 1. The van der Waals surface area contributed by atoms with Crippen molar-refractivity contribution in [1.29, 1.82) is 0 Å². The van der Waals surface area contributed by atoms with Gasteiger partial charge in [0.2, 0.25) is 0 Å². The Bertz CT molecular complexity index is 317. The Morgan fingerprint density at radius 3 is 2.44 bits per heavy atom. The molecular formula is C14H20O2. The smallest absolute Gasteiger partial charge is 0.116 e. The maximum absolute atomic E-state index is 10.9. The van der Waals surface area contributed by atoms with Gasteiger partial charge in [0.1, 0.15) is 5.60 Å². The normalized spacial score (nSPS) is 20.9. The van der Waals surface area contributed by atoms with E-state index in [1.807, 2.05) is 30.3 Å². The molecular weight excluding hydrogens is 200 g/mol. The standard InChI is InChI=1S/C14H20O2/c1-16-11-14(15,13-9-5-6-10-13)12-7-3-2-4-8-12/h2-4,7-8,13,15H,5-6,9-11H2,1H3/t14-/m0/s1. The molecule has 1 aromatic carbocycles. The van der Waals surface area contributed by atoms with Crippen LogP contribution in [0, 0.1) is 5.92 Å². The molecule has 1 atom stereocenters. The van der Waals surface area contributed by atoms with Gasteiger partial charge < -0.3 is 9.84 Å². The lowest BCUT2D eigenvalue weighted by Gasteiger charge is -2.34. The summed E-state index contributed by atoms with van der Waals surface area (Å²) in [4.78, 5) is 0. The Morgan fingerprint density at radius 2 is 1.88 bits per heavy atom. The van der Waals surface area contributed by atoms with Crippen LogP contribution in [0.3, 0.4) is 0 Å².